The maximum absolute atomic E-state index is 12.0. The summed E-state index contributed by atoms with van der Waals surface area (Å²) in [7, 11) is 0. The SMILES string of the molecule is CCOC(=O)CC[13C](=O)[13CH2]N1C(=O)c2ccccc2C1=O. The van der Waals surface area contributed by atoms with Gasteiger partial charge >= 0.3 is 5.97 Å². The van der Waals surface area contributed by atoms with Crippen LogP contribution in [0.3, 0.4) is 0 Å². The summed E-state index contributed by atoms with van der Waals surface area (Å²) in [5, 5.41) is 0. The third-order valence-corrected chi connectivity index (χ3v) is 3.13. The second kappa shape index (κ2) is 6.30. The van der Waals surface area contributed by atoms with Crippen molar-refractivity contribution in [3.05, 3.63) is 35.4 Å². The Kier molecular flexibility index (Phi) is 4.47. The number of carbonyl (C=O) groups is 4. The van der Waals surface area contributed by atoms with E-state index in [4.69, 9.17) is 4.74 Å². The van der Waals surface area contributed by atoms with Crippen molar-refractivity contribution in [2.45, 2.75) is 19.8 Å². The van der Waals surface area contributed by atoms with Gasteiger partial charge in [0, 0.05) is 6.42 Å². The van der Waals surface area contributed by atoms with Crippen molar-refractivity contribution >= 4 is 23.6 Å². The molecule has 21 heavy (non-hydrogen) atoms. The zero-order valence-electron chi connectivity index (χ0n) is 11.6. The van der Waals surface area contributed by atoms with Crippen LogP contribution < -0.4 is 0 Å². The lowest BCUT2D eigenvalue weighted by molar-refractivity contribution is -0.144. The average molecular weight is 291 g/mol. The zero-order valence-corrected chi connectivity index (χ0v) is 11.6. The first-order valence-electron chi connectivity index (χ1n) is 6.67. The van der Waals surface area contributed by atoms with Crippen molar-refractivity contribution in [3.8, 4) is 0 Å². The van der Waals surface area contributed by atoms with Crippen molar-refractivity contribution in [1.29, 1.82) is 0 Å². The normalized spacial score (nSPS) is 13.3. The van der Waals surface area contributed by atoms with Crippen molar-refractivity contribution in [3.63, 3.8) is 0 Å². The highest BCUT2D eigenvalue weighted by molar-refractivity contribution is 6.22. The number of carbonyl (C=O) groups excluding carboxylic acids is 4. The molecule has 0 N–H and O–H groups in total. The Morgan fingerprint density at radius 2 is 1.62 bits per heavy atom. The maximum atomic E-state index is 12.0. The molecule has 0 saturated carbocycles. The first-order valence-corrected chi connectivity index (χ1v) is 6.67. The van der Waals surface area contributed by atoms with Crippen LogP contribution >= 0.6 is 0 Å². The summed E-state index contributed by atoms with van der Waals surface area (Å²) < 4.78 is 4.72. The third-order valence-electron chi connectivity index (χ3n) is 3.13. The highest BCUT2D eigenvalue weighted by Gasteiger charge is 2.35. The fourth-order valence-electron chi connectivity index (χ4n) is 2.11. The highest BCUT2D eigenvalue weighted by Crippen LogP contribution is 2.22. The lowest BCUT2D eigenvalue weighted by Gasteiger charge is -2.12. The molecule has 0 fully saturated rings. The average Bonchev–Trinajstić information content (AvgIpc) is 2.71. The van der Waals surface area contributed by atoms with Gasteiger partial charge in [-0.05, 0) is 19.1 Å². The highest BCUT2D eigenvalue weighted by atomic mass is 16.5. The molecule has 0 saturated heterocycles. The van der Waals surface area contributed by atoms with Gasteiger partial charge in [0.15, 0.2) is 5.78 Å². The molecule has 0 radical (unpaired) electrons. The number of ether oxygens (including phenoxy) is 1. The Morgan fingerprint density at radius 3 is 2.14 bits per heavy atom. The van der Waals surface area contributed by atoms with Gasteiger partial charge in [-0.3, -0.25) is 24.1 Å². The van der Waals surface area contributed by atoms with E-state index in [-0.39, 0.29) is 31.8 Å². The van der Waals surface area contributed by atoms with Crippen LogP contribution in [0.1, 0.15) is 40.5 Å². The van der Waals surface area contributed by atoms with E-state index in [1.165, 1.54) is 0 Å². The van der Waals surface area contributed by atoms with Gasteiger partial charge in [0.25, 0.3) is 11.8 Å². The van der Waals surface area contributed by atoms with Crippen LogP contribution in [0.25, 0.3) is 0 Å². The summed E-state index contributed by atoms with van der Waals surface area (Å²) >= 11 is 0. The Labute approximate surface area is 121 Å². The minimum Gasteiger partial charge on any atom is -0.466 e. The second-order valence-electron chi connectivity index (χ2n) is 4.59. The van der Waals surface area contributed by atoms with Gasteiger partial charge in [0.05, 0.1) is 30.7 Å². The van der Waals surface area contributed by atoms with Crippen molar-refractivity contribution in [1.82, 2.24) is 4.90 Å². The van der Waals surface area contributed by atoms with E-state index in [1.54, 1.807) is 31.2 Å². The molecule has 1 aromatic carbocycles. The van der Waals surface area contributed by atoms with E-state index in [0.717, 1.165) is 4.90 Å². The molecule has 0 atom stereocenters. The van der Waals surface area contributed by atoms with Crippen LogP contribution in [0, 0.1) is 0 Å². The molecule has 1 aliphatic rings. The molecule has 1 aromatic rings. The number of fused-ring (bicyclic) bond motifs is 1. The Morgan fingerprint density at radius 1 is 1.05 bits per heavy atom. The first kappa shape index (κ1) is 14.9. The summed E-state index contributed by atoms with van der Waals surface area (Å²) in [6, 6.07) is 6.43. The molecule has 2 amide bonds. The molecule has 1 aliphatic heterocycles. The van der Waals surface area contributed by atoms with E-state index in [9.17, 15) is 19.2 Å². The monoisotopic (exact) mass is 291 g/mol. The van der Waals surface area contributed by atoms with Crippen molar-refractivity contribution < 1.29 is 23.9 Å². The number of ketones is 1. The standard InChI is InChI=1S/C15H15NO5/c1-2-21-13(18)8-7-10(17)9-16-14(19)11-5-3-4-6-12(11)15(16)20/h3-6H,2,7-9H2,1H3/i9+1,10+1. The number of Topliss-reactive ketones (excluding diaryl/α,β-unsaturated/α-hetero) is 1. The predicted molar refractivity (Wildman–Crippen MR) is 72.7 cm³/mol. The molecule has 6 nitrogen and oxygen atoms in total. The largest absolute Gasteiger partial charge is 0.466 e. The lowest BCUT2D eigenvalue weighted by atomic mass is 10.1. The molecule has 0 aliphatic carbocycles. The molecule has 0 unspecified atom stereocenters. The molecule has 6 heteroatoms. The van der Waals surface area contributed by atoms with Gasteiger partial charge < -0.3 is 4.74 Å². The van der Waals surface area contributed by atoms with Crippen LogP contribution in [-0.4, -0.2) is 41.6 Å². The second-order valence-corrected chi connectivity index (χ2v) is 4.59. The minimum atomic E-state index is -0.472. The van der Waals surface area contributed by atoms with Crippen LogP contribution in [0.15, 0.2) is 24.3 Å². The zero-order chi connectivity index (χ0) is 15.4. The number of hydrogen-bond acceptors (Lipinski definition) is 5. The Balaban J connectivity index is 1.96. The van der Waals surface area contributed by atoms with E-state index in [2.05, 4.69) is 0 Å². The summed E-state index contributed by atoms with van der Waals surface area (Å²) in [4.78, 5) is 48.0. The first-order chi connectivity index (χ1) is 10.0. The smallest absolute Gasteiger partial charge is 0.306 e. The number of esters is 1. The molecule has 110 valence electrons. The number of imide groups is 1. The quantitative estimate of drug-likeness (QED) is 0.447. The number of hydrogen-bond donors (Lipinski definition) is 0. The fourth-order valence-corrected chi connectivity index (χ4v) is 2.11. The van der Waals surface area contributed by atoms with Gasteiger partial charge in [-0.15, -0.1) is 0 Å². The molecule has 0 bridgehead atoms. The van der Waals surface area contributed by atoms with E-state index in [1.807, 2.05) is 0 Å². The molecular weight excluding hydrogens is 276 g/mol. The van der Waals surface area contributed by atoms with Crippen LogP contribution in [0.5, 0.6) is 0 Å². The molecule has 0 aromatic heterocycles. The summed E-state index contributed by atoms with van der Waals surface area (Å²) in [5.74, 6) is -1.76. The van der Waals surface area contributed by atoms with Crippen molar-refractivity contribution in [2.75, 3.05) is 13.2 Å². The number of nitrogens with zero attached hydrogens (tertiary/aromatic N) is 1. The summed E-state index contributed by atoms with van der Waals surface area (Å²) in [6.45, 7) is 1.62. The maximum Gasteiger partial charge on any atom is 0.306 e. The van der Waals surface area contributed by atoms with Gasteiger partial charge in [-0.1, -0.05) is 12.1 Å². The lowest BCUT2D eigenvalue weighted by Crippen LogP contribution is -2.35. The Hall–Kier alpha value is -2.50. The molecule has 2 rings (SSSR count). The van der Waals surface area contributed by atoms with E-state index < -0.39 is 17.8 Å². The minimum absolute atomic E-state index is 0.0458. The number of amides is 2. The van der Waals surface area contributed by atoms with Gasteiger partial charge in [0.2, 0.25) is 0 Å². The topological polar surface area (TPSA) is 80.8 Å². The summed E-state index contributed by atoms with van der Waals surface area (Å²) in [6.07, 6.45) is -0.0952. The molecule has 1 heterocycles. The molecular formula is C15H15NO5. The van der Waals surface area contributed by atoms with E-state index >= 15 is 0 Å². The van der Waals surface area contributed by atoms with Gasteiger partial charge in [-0.25, -0.2) is 0 Å². The van der Waals surface area contributed by atoms with Gasteiger partial charge in [0.1, 0.15) is 0 Å². The van der Waals surface area contributed by atoms with Crippen LogP contribution in [0.4, 0.5) is 0 Å². The molecule has 0 spiro atoms. The van der Waals surface area contributed by atoms with Crippen molar-refractivity contribution in [2.24, 2.45) is 0 Å². The van der Waals surface area contributed by atoms with Crippen LogP contribution in [0.2, 0.25) is 0 Å². The number of rotatable bonds is 6. The third kappa shape index (κ3) is 3.16. The predicted octanol–water partition coefficient (Wildman–Crippen LogP) is 1.19. The Bertz CT molecular complexity index is 573. The summed E-state index contributed by atoms with van der Waals surface area (Å²) in [5.41, 5.74) is 0.612. The fraction of sp³-hybridized carbons (Fsp3) is 0.333. The number of benzene rings is 1. The van der Waals surface area contributed by atoms with Gasteiger partial charge in [-0.2, -0.15) is 0 Å². The van der Waals surface area contributed by atoms with Crippen LogP contribution in [-0.2, 0) is 14.3 Å². The van der Waals surface area contributed by atoms with E-state index in [0.29, 0.717) is 11.1 Å².